The summed E-state index contributed by atoms with van der Waals surface area (Å²) in [6.45, 7) is 5.94. The molecule has 0 radical (unpaired) electrons. The highest BCUT2D eigenvalue weighted by atomic mass is 35.5. The van der Waals surface area contributed by atoms with Gasteiger partial charge in [-0.3, -0.25) is 9.29 Å². The maximum Gasteiger partial charge on any atom is 0.243 e. The normalized spacial score (nSPS) is 19.6. The van der Waals surface area contributed by atoms with Gasteiger partial charge in [-0.15, -0.1) is 10.2 Å². The van der Waals surface area contributed by atoms with E-state index in [1.54, 1.807) is 36.6 Å². The molecule has 1 fully saturated rings. The van der Waals surface area contributed by atoms with Crippen LogP contribution in [0.5, 0.6) is 11.5 Å². The van der Waals surface area contributed by atoms with Gasteiger partial charge in [0.15, 0.2) is 5.82 Å². The average Bonchev–Trinajstić information content (AvgIpc) is 3.47. The second-order valence-corrected chi connectivity index (χ2v) is 11.2. The molecule has 0 amide bonds. The monoisotopic (exact) mass is 536 g/mol. The number of methoxy groups -OCH3 is 2. The lowest BCUT2D eigenvalue weighted by molar-refractivity contribution is 0.0858. The summed E-state index contributed by atoms with van der Waals surface area (Å²) < 4.78 is 48.4. The SMILES string of the molecule is COc1cccc(OC)c1-n1c(NS(=O)(=O)[C@@H](C)[C@H](C)c2ncc(Cl)cn2)nnc1[C@@H]1OCC[C@@H]1C. The standard InChI is InChI=1S/C23H29ClN6O5S/c1-13-9-10-35-20(13)22-27-28-23(30(22)19-17(33-4)7-6-8-18(19)34-5)29-36(31,32)15(3)14(2)21-25-11-16(24)12-26-21/h6-8,11-15,20H,9-10H2,1-5H3,(H,28,29)/t13-,14-,15-,20+/m0/s1. The number of aromatic nitrogens is 5. The Morgan fingerprint density at radius 1 is 1.14 bits per heavy atom. The van der Waals surface area contributed by atoms with Gasteiger partial charge in [0.2, 0.25) is 16.0 Å². The minimum absolute atomic E-state index is 0.00780. The molecule has 2 aromatic heterocycles. The Labute approximate surface area is 215 Å². The van der Waals surface area contributed by atoms with Crippen LogP contribution in [0, 0.1) is 5.92 Å². The predicted molar refractivity (Wildman–Crippen MR) is 134 cm³/mol. The van der Waals surface area contributed by atoms with Crippen LogP contribution in [-0.2, 0) is 14.8 Å². The molecule has 0 aliphatic carbocycles. The van der Waals surface area contributed by atoms with Gasteiger partial charge in [-0.25, -0.2) is 18.4 Å². The van der Waals surface area contributed by atoms with Crippen molar-refractivity contribution in [1.82, 2.24) is 24.7 Å². The second-order valence-electron chi connectivity index (χ2n) is 8.69. The summed E-state index contributed by atoms with van der Waals surface area (Å²) >= 11 is 5.88. The second kappa shape index (κ2) is 10.6. The Bertz CT molecular complexity index is 1290. The summed E-state index contributed by atoms with van der Waals surface area (Å²) in [5.41, 5.74) is 0.463. The summed E-state index contributed by atoms with van der Waals surface area (Å²) in [6, 6.07) is 5.28. The molecule has 1 aliphatic rings. The summed E-state index contributed by atoms with van der Waals surface area (Å²) in [7, 11) is -0.924. The van der Waals surface area contributed by atoms with E-state index in [0.717, 1.165) is 6.42 Å². The number of sulfonamides is 1. The number of hydrogen-bond donors (Lipinski definition) is 1. The van der Waals surface area contributed by atoms with Crippen LogP contribution in [0.25, 0.3) is 5.69 Å². The van der Waals surface area contributed by atoms with Crippen molar-refractivity contribution < 1.29 is 22.6 Å². The number of nitrogens with one attached hydrogen (secondary N) is 1. The first kappa shape index (κ1) is 26.1. The summed E-state index contributed by atoms with van der Waals surface area (Å²) in [6.07, 6.45) is 3.33. The zero-order valence-corrected chi connectivity index (χ0v) is 22.2. The lowest BCUT2D eigenvalue weighted by Gasteiger charge is -2.22. The average molecular weight is 537 g/mol. The van der Waals surface area contributed by atoms with Gasteiger partial charge < -0.3 is 14.2 Å². The molecule has 3 aromatic rings. The third-order valence-electron chi connectivity index (χ3n) is 6.43. The minimum Gasteiger partial charge on any atom is -0.494 e. The number of benzene rings is 1. The first-order chi connectivity index (χ1) is 17.2. The number of nitrogens with zero attached hydrogens (tertiary/aromatic N) is 5. The van der Waals surface area contributed by atoms with Crippen molar-refractivity contribution in [2.24, 2.45) is 5.92 Å². The number of halogens is 1. The molecule has 4 rings (SSSR count). The van der Waals surface area contributed by atoms with Crippen molar-refractivity contribution in [3.63, 3.8) is 0 Å². The molecule has 0 spiro atoms. The van der Waals surface area contributed by atoms with Crippen LogP contribution >= 0.6 is 11.6 Å². The van der Waals surface area contributed by atoms with Gasteiger partial charge in [0.05, 0.1) is 24.5 Å². The highest BCUT2D eigenvalue weighted by molar-refractivity contribution is 7.93. The molecule has 3 heterocycles. The van der Waals surface area contributed by atoms with Gasteiger partial charge >= 0.3 is 0 Å². The number of rotatable bonds is 9. The molecule has 1 aliphatic heterocycles. The van der Waals surface area contributed by atoms with Crippen LogP contribution in [0.2, 0.25) is 5.02 Å². The van der Waals surface area contributed by atoms with E-state index in [-0.39, 0.29) is 18.0 Å². The molecule has 11 nitrogen and oxygen atoms in total. The van der Waals surface area contributed by atoms with Crippen molar-refractivity contribution in [2.75, 3.05) is 25.5 Å². The van der Waals surface area contributed by atoms with Gasteiger partial charge in [-0.1, -0.05) is 31.5 Å². The van der Waals surface area contributed by atoms with Gasteiger partial charge in [0.25, 0.3) is 0 Å². The molecule has 1 aromatic carbocycles. The first-order valence-electron chi connectivity index (χ1n) is 11.4. The van der Waals surface area contributed by atoms with Crippen LogP contribution in [-0.4, -0.2) is 59.2 Å². The molecular weight excluding hydrogens is 508 g/mol. The molecule has 1 saturated heterocycles. The zero-order chi connectivity index (χ0) is 26.0. The van der Waals surface area contributed by atoms with E-state index in [0.29, 0.717) is 40.5 Å². The van der Waals surface area contributed by atoms with Crippen LogP contribution in [0.3, 0.4) is 0 Å². The molecule has 194 valence electrons. The van der Waals surface area contributed by atoms with Crippen molar-refractivity contribution in [2.45, 2.75) is 44.5 Å². The maximum absolute atomic E-state index is 13.5. The largest absolute Gasteiger partial charge is 0.494 e. The predicted octanol–water partition coefficient (Wildman–Crippen LogP) is 3.76. The van der Waals surface area contributed by atoms with Gasteiger partial charge in [0, 0.05) is 24.9 Å². The minimum atomic E-state index is -3.97. The highest BCUT2D eigenvalue weighted by Crippen LogP contribution is 2.40. The Morgan fingerprint density at radius 3 is 2.33 bits per heavy atom. The molecule has 0 saturated carbocycles. The zero-order valence-electron chi connectivity index (χ0n) is 20.7. The number of anilines is 1. The van der Waals surface area contributed by atoms with E-state index < -0.39 is 21.2 Å². The topological polar surface area (TPSA) is 130 Å². The van der Waals surface area contributed by atoms with Crippen molar-refractivity contribution in [3.8, 4) is 17.2 Å². The molecule has 36 heavy (non-hydrogen) atoms. The first-order valence-corrected chi connectivity index (χ1v) is 13.4. The van der Waals surface area contributed by atoms with Crippen LogP contribution in [0.4, 0.5) is 5.95 Å². The number of ether oxygens (including phenoxy) is 3. The molecule has 13 heteroatoms. The number of hydrogen-bond acceptors (Lipinski definition) is 9. The molecule has 1 N–H and O–H groups in total. The molecular formula is C23H29ClN6O5S. The molecule has 4 atom stereocenters. The Kier molecular flexibility index (Phi) is 7.67. The lowest BCUT2D eigenvalue weighted by atomic mass is 10.0. The summed E-state index contributed by atoms with van der Waals surface area (Å²) in [4.78, 5) is 8.35. The van der Waals surface area contributed by atoms with Crippen molar-refractivity contribution >= 4 is 27.6 Å². The maximum atomic E-state index is 13.5. The van der Waals surface area contributed by atoms with Crippen molar-refractivity contribution in [3.05, 3.63) is 47.3 Å². The molecule has 0 unspecified atom stereocenters. The van der Waals surface area contributed by atoms with E-state index in [9.17, 15) is 8.42 Å². The molecule has 0 bridgehead atoms. The third kappa shape index (κ3) is 4.97. The fourth-order valence-corrected chi connectivity index (χ4v) is 5.43. The van der Waals surface area contributed by atoms with Crippen molar-refractivity contribution in [1.29, 1.82) is 0 Å². The van der Waals surface area contributed by atoms with E-state index in [4.69, 9.17) is 25.8 Å². The van der Waals surface area contributed by atoms with E-state index in [2.05, 4.69) is 31.8 Å². The lowest BCUT2D eigenvalue weighted by Crippen LogP contribution is -2.31. The smallest absolute Gasteiger partial charge is 0.243 e. The van der Waals surface area contributed by atoms with E-state index >= 15 is 0 Å². The number of para-hydroxylation sites is 1. The third-order valence-corrected chi connectivity index (χ3v) is 8.48. The van der Waals surface area contributed by atoms with Crippen LogP contribution in [0.15, 0.2) is 30.6 Å². The van der Waals surface area contributed by atoms with Gasteiger partial charge in [0.1, 0.15) is 29.1 Å². The Morgan fingerprint density at radius 2 is 1.78 bits per heavy atom. The summed E-state index contributed by atoms with van der Waals surface area (Å²) in [5, 5.41) is 8.02. The van der Waals surface area contributed by atoms with E-state index in [1.807, 2.05) is 0 Å². The van der Waals surface area contributed by atoms with Crippen LogP contribution < -0.4 is 14.2 Å². The van der Waals surface area contributed by atoms with E-state index in [1.165, 1.54) is 26.6 Å². The van der Waals surface area contributed by atoms with Gasteiger partial charge in [-0.2, -0.15) is 0 Å². The Balaban J connectivity index is 1.78. The summed E-state index contributed by atoms with van der Waals surface area (Å²) in [5.74, 6) is 1.33. The fraction of sp³-hybridized carbons (Fsp3) is 0.478. The fourth-order valence-electron chi connectivity index (χ4n) is 4.10. The quantitative estimate of drug-likeness (QED) is 0.434. The van der Waals surface area contributed by atoms with Crippen LogP contribution in [0.1, 0.15) is 50.9 Å². The highest BCUT2D eigenvalue weighted by Gasteiger charge is 2.36. The Hall–Kier alpha value is -2.96. The van der Waals surface area contributed by atoms with Gasteiger partial charge in [-0.05, 0) is 31.4 Å².